The smallest absolute Gasteiger partial charge is 0.395 e. The van der Waals surface area contributed by atoms with Crippen molar-refractivity contribution < 1.29 is 68.2 Å². The summed E-state index contributed by atoms with van der Waals surface area (Å²) in [6, 6.07) is 10.2. The van der Waals surface area contributed by atoms with E-state index in [-0.39, 0.29) is 66.6 Å². The Morgan fingerprint density at radius 3 is 1.35 bits per heavy atom. The Morgan fingerprint density at radius 2 is 1.04 bits per heavy atom. The number of likely N-dealkylation sites (N-methyl/N-ethyl adjacent to an activating group) is 2. The first-order chi connectivity index (χ1) is 33.0. The van der Waals surface area contributed by atoms with Gasteiger partial charge in [0.2, 0.25) is 5.91 Å². The molecule has 0 saturated heterocycles. The highest BCUT2D eigenvalue weighted by molar-refractivity contribution is 5.93. The number of primary amides is 2. The number of carbonyl (C=O) groups is 4. The lowest BCUT2D eigenvalue weighted by molar-refractivity contribution is -0.196. The molecule has 2 aliphatic rings. The minimum Gasteiger partial charge on any atom is -0.481 e. The van der Waals surface area contributed by atoms with Crippen LogP contribution < -0.4 is 22.5 Å². The van der Waals surface area contributed by atoms with Crippen molar-refractivity contribution in [2.24, 2.45) is 28.0 Å². The van der Waals surface area contributed by atoms with E-state index in [1.165, 1.54) is 30.5 Å². The lowest BCUT2D eigenvalue weighted by Crippen LogP contribution is -2.42. The predicted octanol–water partition coefficient (Wildman–Crippen LogP) is 7.04. The van der Waals surface area contributed by atoms with Crippen LogP contribution in [0.3, 0.4) is 0 Å². The molecule has 3 amide bonds. The van der Waals surface area contributed by atoms with Crippen LogP contribution in [-0.2, 0) is 22.4 Å². The van der Waals surface area contributed by atoms with Crippen molar-refractivity contribution in [1.29, 1.82) is 0 Å². The molecule has 0 aliphatic heterocycles. The molecule has 2 aromatic carbocycles. The molecule has 0 bridgehead atoms. The number of halogens is 10. The summed E-state index contributed by atoms with van der Waals surface area (Å²) in [5.74, 6) is -9.04. The molecule has 2 fully saturated rings. The van der Waals surface area contributed by atoms with Crippen LogP contribution in [0.5, 0.6) is 0 Å². The van der Waals surface area contributed by atoms with E-state index in [1.807, 2.05) is 19.0 Å². The van der Waals surface area contributed by atoms with Gasteiger partial charge in [-0.05, 0) is 125 Å². The normalized spacial score (nSPS) is 16.3. The SMILES string of the molecule is CN(C)[C@H](CN)Cc1ccc(C(N)=O)c(F)c1.CN(C)[C@H](CNC(=O)CC(c1cncc(F)c1)C1(C(F)(F)F)CC1)Cc1ccc(C(N)=O)c(F)c1.O=C(O)CC(c1cncc(F)c1)C1(C(F)(F)F)CC1. The maximum atomic E-state index is 14.1. The van der Waals surface area contributed by atoms with Crippen LogP contribution in [-0.4, -0.2) is 114 Å². The number of benzene rings is 2. The molecule has 2 saturated carbocycles. The van der Waals surface area contributed by atoms with Crippen molar-refractivity contribution in [2.45, 2.75) is 87.6 Å². The molecule has 4 aromatic rings. The molecule has 2 unspecified atom stereocenters. The fourth-order valence-corrected chi connectivity index (χ4v) is 8.32. The van der Waals surface area contributed by atoms with E-state index in [1.54, 1.807) is 31.1 Å². The fraction of sp³-hybridized carbons (Fsp3) is 0.458. The minimum absolute atomic E-state index is 0.0165. The lowest BCUT2D eigenvalue weighted by atomic mass is 9.80. The van der Waals surface area contributed by atoms with Crippen LogP contribution in [0.25, 0.3) is 0 Å². The van der Waals surface area contributed by atoms with Gasteiger partial charge in [-0.1, -0.05) is 12.1 Å². The molecule has 2 aliphatic carbocycles. The number of hydrogen-bond donors (Lipinski definition) is 5. The number of alkyl halides is 6. The molecule has 23 heteroatoms. The van der Waals surface area contributed by atoms with Gasteiger partial charge in [-0.3, -0.25) is 29.1 Å². The highest BCUT2D eigenvalue weighted by atomic mass is 19.4. The van der Waals surface area contributed by atoms with Crippen LogP contribution >= 0.6 is 0 Å². The number of aromatic nitrogens is 2. The topological polar surface area (TPSA) is 211 Å². The number of nitrogens with one attached hydrogen (secondary N) is 1. The second kappa shape index (κ2) is 23.8. The Labute approximate surface area is 403 Å². The number of nitrogens with zero attached hydrogens (tertiary/aromatic N) is 4. The number of rotatable bonds is 19. The maximum absolute atomic E-state index is 14.1. The summed E-state index contributed by atoms with van der Waals surface area (Å²) in [5.41, 5.74) is 12.7. The third kappa shape index (κ3) is 15.2. The van der Waals surface area contributed by atoms with E-state index in [0.29, 0.717) is 24.9 Å². The minimum atomic E-state index is -4.54. The Hall–Kier alpha value is -6.20. The van der Waals surface area contributed by atoms with Gasteiger partial charge in [0.05, 0.1) is 40.8 Å². The van der Waals surface area contributed by atoms with Crippen molar-refractivity contribution in [3.8, 4) is 0 Å². The zero-order valence-corrected chi connectivity index (χ0v) is 39.2. The number of carboxylic acid groups (broad SMARTS) is 1. The molecule has 0 spiro atoms. The zero-order chi connectivity index (χ0) is 53.2. The van der Waals surface area contributed by atoms with Gasteiger partial charge in [-0.15, -0.1) is 0 Å². The third-order valence-electron chi connectivity index (χ3n) is 12.9. The maximum Gasteiger partial charge on any atom is 0.395 e. The quantitative estimate of drug-likeness (QED) is 0.0605. The second-order valence-electron chi connectivity index (χ2n) is 18.1. The van der Waals surface area contributed by atoms with E-state index in [9.17, 15) is 63.1 Å². The Morgan fingerprint density at radius 1 is 0.648 bits per heavy atom. The van der Waals surface area contributed by atoms with Crippen molar-refractivity contribution in [3.63, 3.8) is 0 Å². The van der Waals surface area contributed by atoms with Crippen molar-refractivity contribution in [2.75, 3.05) is 41.3 Å². The molecule has 2 aromatic heterocycles. The Bertz CT molecular complexity index is 2500. The molecule has 388 valence electrons. The van der Waals surface area contributed by atoms with Gasteiger partial charge >= 0.3 is 18.3 Å². The lowest BCUT2D eigenvalue weighted by Gasteiger charge is -2.30. The zero-order valence-electron chi connectivity index (χ0n) is 39.2. The molecule has 8 N–H and O–H groups in total. The molecule has 0 radical (unpaired) electrons. The molecular formula is C48H56F10N8O5. The molecule has 2 heterocycles. The number of hydrogen-bond acceptors (Lipinski definition) is 9. The average molecular weight is 1020 g/mol. The van der Waals surface area contributed by atoms with Crippen LogP contribution in [0.1, 0.15) is 93.3 Å². The van der Waals surface area contributed by atoms with Crippen LogP contribution in [0.15, 0.2) is 73.3 Å². The van der Waals surface area contributed by atoms with E-state index in [0.717, 1.165) is 36.3 Å². The molecule has 4 atom stereocenters. The number of carboxylic acids is 1. The number of aliphatic carboxylic acids is 1. The first kappa shape index (κ1) is 57.4. The molecule has 6 rings (SSSR count). The summed E-state index contributed by atoms with van der Waals surface area (Å²) in [6.07, 6.45) is -5.79. The average Bonchev–Trinajstić information content (AvgIpc) is 4.21. The van der Waals surface area contributed by atoms with Gasteiger partial charge in [0.1, 0.15) is 23.3 Å². The Kier molecular flexibility index (Phi) is 19.2. The van der Waals surface area contributed by atoms with Gasteiger partial charge in [0, 0.05) is 55.8 Å². The summed E-state index contributed by atoms with van der Waals surface area (Å²) in [5, 5.41) is 11.5. The summed E-state index contributed by atoms with van der Waals surface area (Å²) in [6.45, 7) is 0.574. The number of carbonyl (C=O) groups excluding carboxylic acids is 3. The number of nitrogens with two attached hydrogens (primary N) is 3. The van der Waals surface area contributed by atoms with Gasteiger partial charge in [0.15, 0.2) is 0 Å². The highest BCUT2D eigenvalue weighted by Gasteiger charge is 2.68. The summed E-state index contributed by atoms with van der Waals surface area (Å²) in [7, 11) is 7.33. The molecular weight excluding hydrogens is 959 g/mol. The van der Waals surface area contributed by atoms with Crippen LogP contribution in [0, 0.1) is 34.1 Å². The van der Waals surface area contributed by atoms with Crippen LogP contribution in [0.4, 0.5) is 43.9 Å². The van der Waals surface area contributed by atoms with Gasteiger partial charge in [-0.25, -0.2) is 17.6 Å². The molecule has 71 heavy (non-hydrogen) atoms. The van der Waals surface area contributed by atoms with E-state index >= 15 is 0 Å². The van der Waals surface area contributed by atoms with Crippen LogP contribution in [0.2, 0.25) is 0 Å². The summed E-state index contributed by atoms with van der Waals surface area (Å²) in [4.78, 5) is 56.6. The monoisotopic (exact) mass is 1010 g/mol. The summed E-state index contributed by atoms with van der Waals surface area (Å²) < 4.78 is 135. The first-order valence-corrected chi connectivity index (χ1v) is 22.1. The third-order valence-corrected chi connectivity index (χ3v) is 12.9. The highest BCUT2D eigenvalue weighted by Crippen LogP contribution is 2.67. The predicted molar refractivity (Wildman–Crippen MR) is 240 cm³/mol. The van der Waals surface area contributed by atoms with E-state index in [2.05, 4.69) is 15.3 Å². The standard InChI is InChI=1S/C24H27F5N4O2.C12H11F4NO2.C12H18FN3O/c1-33(2)17(7-14-3-4-18(22(30)35)20(26)8-14)13-32-21(34)10-19(15-9-16(25)12-31-11-15)23(5-6-23)24(27,28)29;13-8-3-7(5-17-6-8)9(4-10(18)19)11(1-2-11)12(14,15)16;1-16(2)9(7-14)5-8-3-4-10(12(15)17)11(13)6-8/h3-4,8-9,11-12,17,19H,5-7,10,13H2,1-2H3,(H2,30,35)(H,32,34);3,5-6,9H,1-2,4H2,(H,18,19);3-4,6,9H,5,7,14H2,1-2H3,(H2,15,17)/t17-,19?;;9-/m0.0/s1. The number of amides is 3. The largest absolute Gasteiger partial charge is 0.481 e. The fourth-order valence-electron chi connectivity index (χ4n) is 8.32. The van der Waals surface area contributed by atoms with Crippen molar-refractivity contribution >= 4 is 23.7 Å². The van der Waals surface area contributed by atoms with Crippen molar-refractivity contribution in [3.05, 3.63) is 130 Å². The Balaban J connectivity index is 0.000000256. The van der Waals surface area contributed by atoms with Gasteiger partial charge < -0.3 is 37.4 Å². The second-order valence-corrected chi connectivity index (χ2v) is 18.1. The van der Waals surface area contributed by atoms with E-state index < -0.39 is 94.8 Å². The van der Waals surface area contributed by atoms with Gasteiger partial charge in [0.25, 0.3) is 11.8 Å². The van der Waals surface area contributed by atoms with Crippen molar-refractivity contribution in [1.82, 2.24) is 25.1 Å². The number of pyridine rings is 2. The summed E-state index contributed by atoms with van der Waals surface area (Å²) >= 11 is 0. The first-order valence-electron chi connectivity index (χ1n) is 22.1. The molecule has 13 nitrogen and oxygen atoms in total. The van der Waals surface area contributed by atoms with Gasteiger partial charge in [-0.2, -0.15) is 26.3 Å². The van der Waals surface area contributed by atoms with E-state index in [4.69, 9.17) is 22.3 Å².